The Kier molecular flexibility index (Phi) is 6.74. The fourth-order valence-corrected chi connectivity index (χ4v) is 2.53. The van der Waals surface area contributed by atoms with Gasteiger partial charge in [-0.3, -0.25) is 4.79 Å². The molecule has 0 N–H and O–H groups in total. The zero-order valence-corrected chi connectivity index (χ0v) is 12.6. The number of cyclic esters (lactones) is 1. The lowest BCUT2D eigenvalue weighted by Gasteiger charge is -2.24. The van der Waals surface area contributed by atoms with Crippen molar-refractivity contribution in [3.05, 3.63) is 46.3 Å². The Bertz CT molecular complexity index is 515. The number of ether oxygens (including phenoxy) is 2. The maximum absolute atomic E-state index is 11.6. The van der Waals surface area contributed by atoms with Crippen molar-refractivity contribution in [2.75, 3.05) is 6.61 Å². The van der Waals surface area contributed by atoms with E-state index in [9.17, 15) is 4.79 Å². The van der Waals surface area contributed by atoms with E-state index in [4.69, 9.17) is 15.0 Å². The highest BCUT2D eigenvalue weighted by molar-refractivity contribution is 5.69. The van der Waals surface area contributed by atoms with E-state index in [1.54, 1.807) is 0 Å². The fourth-order valence-electron chi connectivity index (χ4n) is 2.53. The summed E-state index contributed by atoms with van der Waals surface area (Å²) >= 11 is 0. The van der Waals surface area contributed by atoms with Gasteiger partial charge in [0.2, 0.25) is 0 Å². The second-order valence-electron chi connectivity index (χ2n) is 5.43. The molecule has 2 atom stereocenters. The van der Waals surface area contributed by atoms with Gasteiger partial charge in [-0.15, -0.1) is 0 Å². The molecule has 1 heterocycles. The van der Waals surface area contributed by atoms with Gasteiger partial charge in [-0.1, -0.05) is 35.4 Å². The molecule has 118 valence electrons. The first-order valence-electron chi connectivity index (χ1n) is 7.63. The molecule has 0 bridgehead atoms. The number of hydrogen-bond donors (Lipinski definition) is 0. The lowest BCUT2D eigenvalue weighted by atomic mass is 10.0. The molecule has 1 aliphatic heterocycles. The summed E-state index contributed by atoms with van der Waals surface area (Å²) in [4.78, 5) is 14.5. The lowest BCUT2D eigenvalue weighted by molar-refractivity contribution is -0.151. The molecule has 1 aromatic rings. The molecule has 0 unspecified atom stereocenters. The van der Waals surface area contributed by atoms with Gasteiger partial charge in [0.15, 0.2) is 0 Å². The van der Waals surface area contributed by atoms with Gasteiger partial charge < -0.3 is 9.47 Å². The third-order valence-electron chi connectivity index (χ3n) is 3.66. The van der Waals surface area contributed by atoms with Crippen LogP contribution < -0.4 is 0 Å². The first-order chi connectivity index (χ1) is 10.8. The first-order valence-corrected chi connectivity index (χ1v) is 7.63. The summed E-state index contributed by atoms with van der Waals surface area (Å²) in [6.07, 6.45) is 2.79. The van der Waals surface area contributed by atoms with Crippen molar-refractivity contribution in [1.29, 1.82) is 0 Å². The van der Waals surface area contributed by atoms with E-state index < -0.39 is 0 Å². The van der Waals surface area contributed by atoms with Crippen LogP contribution in [0.4, 0.5) is 0 Å². The van der Waals surface area contributed by atoms with E-state index in [0.29, 0.717) is 38.9 Å². The van der Waals surface area contributed by atoms with Crippen LogP contribution in [0.3, 0.4) is 0 Å². The fraction of sp³-hybridized carbons (Fsp3) is 0.562. The zero-order chi connectivity index (χ0) is 15.6. The van der Waals surface area contributed by atoms with Crippen LogP contribution in [0.1, 0.15) is 37.7 Å². The molecule has 1 aromatic carbocycles. The molecule has 2 rings (SSSR count). The average molecular weight is 303 g/mol. The van der Waals surface area contributed by atoms with Gasteiger partial charge in [-0.25, -0.2) is 0 Å². The van der Waals surface area contributed by atoms with Crippen LogP contribution in [0.5, 0.6) is 0 Å². The summed E-state index contributed by atoms with van der Waals surface area (Å²) in [7, 11) is 0. The van der Waals surface area contributed by atoms with Gasteiger partial charge in [-0.05, 0) is 30.4 Å². The molecule has 0 amide bonds. The number of carbonyl (C=O) groups excluding carboxylic acids is 1. The first kappa shape index (κ1) is 16.3. The average Bonchev–Trinajstić information content (AvgIpc) is 2.50. The Morgan fingerprint density at radius 1 is 1.36 bits per heavy atom. The second-order valence-corrected chi connectivity index (χ2v) is 5.43. The van der Waals surface area contributed by atoms with Gasteiger partial charge in [0.05, 0.1) is 13.2 Å². The predicted octanol–water partition coefficient (Wildman–Crippen LogP) is 3.76. The van der Waals surface area contributed by atoms with E-state index in [1.165, 1.54) is 0 Å². The van der Waals surface area contributed by atoms with Crippen molar-refractivity contribution in [1.82, 2.24) is 0 Å². The Morgan fingerprint density at radius 3 is 2.95 bits per heavy atom. The summed E-state index contributed by atoms with van der Waals surface area (Å²) in [5, 5.41) is 3.78. The highest BCUT2D eigenvalue weighted by Gasteiger charge is 2.22. The lowest BCUT2D eigenvalue weighted by Crippen LogP contribution is -2.27. The summed E-state index contributed by atoms with van der Waals surface area (Å²) < 4.78 is 11.0. The summed E-state index contributed by atoms with van der Waals surface area (Å²) in [6.45, 7) is 1.05. The van der Waals surface area contributed by atoms with Gasteiger partial charge in [0, 0.05) is 23.8 Å². The maximum Gasteiger partial charge on any atom is 0.306 e. The maximum atomic E-state index is 11.6. The molecule has 0 radical (unpaired) electrons. The molecule has 0 spiro atoms. The van der Waals surface area contributed by atoms with Crippen LogP contribution in [0.2, 0.25) is 0 Å². The van der Waals surface area contributed by atoms with Crippen LogP contribution in [-0.2, 0) is 20.9 Å². The highest BCUT2D eigenvalue weighted by Crippen LogP contribution is 2.20. The predicted molar refractivity (Wildman–Crippen MR) is 82.0 cm³/mol. The minimum atomic E-state index is -0.237. The van der Waals surface area contributed by atoms with Crippen molar-refractivity contribution in [3.8, 4) is 0 Å². The largest absolute Gasteiger partial charge is 0.462 e. The van der Waals surface area contributed by atoms with Crippen molar-refractivity contribution in [2.24, 2.45) is 5.11 Å². The number of azide groups is 1. The monoisotopic (exact) mass is 303 g/mol. The minimum absolute atomic E-state index is 0.0998. The number of rotatable bonds is 6. The normalized spacial score (nSPS) is 22.1. The van der Waals surface area contributed by atoms with Crippen LogP contribution in [0.25, 0.3) is 10.4 Å². The molecular formula is C16H21N3O3. The number of benzene rings is 1. The molecule has 1 saturated heterocycles. The number of carbonyl (C=O) groups is 1. The molecule has 22 heavy (non-hydrogen) atoms. The molecule has 1 fully saturated rings. The van der Waals surface area contributed by atoms with E-state index in [2.05, 4.69) is 10.0 Å². The van der Waals surface area contributed by atoms with Crippen LogP contribution in [0.15, 0.2) is 35.4 Å². The Balaban J connectivity index is 1.77. The summed E-state index contributed by atoms with van der Waals surface area (Å²) in [6, 6.07) is 9.82. The third kappa shape index (κ3) is 5.76. The van der Waals surface area contributed by atoms with Gasteiger partial charge >= 0.3 is 5.97 Å². The summed E-state index contributed by atoms with van der Waals surface area (Å²) in [5.41, 5.74) is 9.70. The van der Waals surface area contributed by atoms with Crippen LogP contribution in [0, 0.1) is 0 Å². The van der Waals surface area contributed by atoms with E-state index in [1.807, 2.05) is 30.3 Å². The van der Waals surface area contributed by atoms with E-state index >= 15 is 0 Å². The second kappa shape index (κ2) is 9.07. The summed E-state index contributed by atoms with van der Waals surface area (Å²) in [5.74, 6) is -0.174. The van der Waals surface area contributed by atoms with Crippen LogP contribution in [-0.4, -0.2) is 24.7 Å². The van der Waals surface area contributed by atoms with E-state index in [0.717, 1.165) is 12.0 Å². The number of esters is 1. The molecule has 1 aliphatic rings. The Morgan fingerprint density at radius 2 is 2.18 bits per heavy atom. The quantitative estimate of drug-likeness (QED) is 0.264. The Hall–Kier alpha value is -2.04. The van der Waals surface area contributed by atoms with Gasteiger partial charge in [0.1, 0.15) is 6.10 Å². The molecule has 0 aliphatic carbocycles. The molecule has 0 saturated carbocycles. The molecule has 6 heteroatoms. The number of nitrogens with zero attached hydrogens (tertiary/aromatic N) is 3. The zero-order valence-electron chi connectivity index (χ0n) is 12.6. The molecule has 0 aromatic heterocycles. The number of hydrogen-bond acceptors (Lipinski definition) is 4. The third-order valence-corrected chi connectivity index (χ3v) is 3.66. The van der Waals surface area contributed by atoms with Gasteiger partial charge in [0.25, 0.3) is 0 Å². The van der Waals surface area contributed by atoms with Crippen molar-refractivity contribution < 1.29 is 14.3 Å². The Labute approximate surface area is 130 Å². The van der Waals surface area contributed by atoms with Crippen molar-refractivity contribution >= 4 is 5.97 Å². The minimum Gasteiger partial charge on any atom is -0.462 e. The smallest absolute Gasteiger partial charge is 0.306 e. The standard InChI is InChI=1S/C16H21N3O3/c17-19-18-14-7-4-8-16(20)22-15(11-14)9-10-21-12-13-5-2-1-3-6-13/h1-3,5-6,14-15H,4,7-12H2/t14-,15-/m1/s1. The SMILES string of the molecule is [N-]=[N+]=N[C@@H]1CCCC(=O)O[C@H](CCOCc2ccccc2)C1. The van der Waals surface area contributed by atoms with E-state index in [-0.39, 0.29) is 18.1 Å². The highest BCUT2D eigenvalue weighted by atomic mass is 16.5. The van der Waals surface area contributed by atoms with Crippen molar-refractivity contribution in [3.63, 3.8) is 0 Å². The molecule has 6 nitrogen and oxygen atoms in total. The topological polar surface area (TPSA) is 84.3 Å². The van der Waals surface area contributed by atoms with Crippen molar-refractivity contribution in [2.45, 2.75) is 50.9 Å². The van der Waals surface area contributed by atoms with Crippen LogP contribution >= 0.6 is 0 Å². The van der Waals surface area contributed by atoms with Gasteiger partial charge in [-0.2, -0.15) is 0 Å². The molecular weight excluding hydrogens is 282 g/mol.